The average Bonchev–Trinajstić information content (AvgIpc) is 3.36. The lowest BCUT2D eigenvalue weighted by atomic mass is 9.68. The summed E-state index contributed by atoms with van der Waals surface area (Å²) in [6.45, 7) is 0. The van der Waals surface area contributed by atoms with Crippen molar-refractivity contribution in [2.75, 3.05) is 5.32 Å². The standard InChI is InChI=1S/C21H19F2N5S/c22-12-6-13-14(8-24-17(13)15(23)7-12)19-27-20(18-21(28-19)29-9-25-18)26-16-5-10-1-3-11(16)4-2-10/h6-11,16,24H,1-5H2,(H,26,27,28). The first-order valence-electron chi connectivity index (χ1n) is 10.00. The van der Waals surface area contributed by atoms with E-state index in [9.17, 15) is 8.78 Å². The highest BCUT2D eigenvalue weighted by molar-refractivity contribution is 7.16. The number of aromatic amines is 1. The highest BCUT2D eigenvalue weighted by Crippen LogP contribution is 2.43. The minimum absolute atomic E-state index is 0.258. The second-order valence-electron chi connectivity index (χ2n) is 8.18. The molecule has 0 aliphatic heterocycles. The van der Waals surface area contributed by atoms with Crippen LogP contribution in [0.3, 0.4) is 0 Å². The summed E-state index contributed by atoms with van der Waals surface area (Å²) >= 11 is 1.44. The van der Waals surface area contributed by atoms with Crippen molar-refractivity contribution < 1.29 is 8.78 Å². The minimum atomic E-state index is -0.623. The van der Waals surface area contributed by atoms with Crippen LogP contribution in [0.15, 0.2) is 23.8 Å². The Kier molecular flexibility index (Phi) is 3.84. The third-order valence-corrected chi connectivity index (χ3v) is 7.23. The van der Waals surface area contributed by atoms with E-state index in [4.69, 9.17) is 4.98 Å². The van der Waals surface area contributed by atoms with Crippen molar-refractivity contribution in [3.05, 3.63) is 35.5 Å². The van der Waals surface area contributed by atoms with Gasteiger partial charge in [-0.25, -0.2) is 23.7 Å². The maximum atomic E-state index is 14.1. The van der Waals surface area contributed by atoms with Gasteiger partial charge in [-0.1, -0.05) is 12.8 Å². The number of rotatable bonds is 3. The summed E-state index contributed by atoms with van der Waals surface area (Å²) in [6, 6.07) is 2.59. The Balaban J connectivity index is 1.46. The van der Waals surface area contributed by atoms with Gasteiger partial charge in [-0.15, -0.1) is 11.3 Å². The van der Waals surface area contributed by atoms with Crippen LogP contribution >= 0.6 is 11.3 Å². The molecule has 148 valence electrons. The van der Waals surface area contributed by atoms with Crippen LogP contribution in [0.5, 0.6) is 0 Å². The molecule has 4 aromatic rings. The molecule has 3 fully saturated rings. The number of hydrogen-bond acceptors (Lipinski definition) is 5. The molecule has 2 N–H and O–H groups in total. The maximum absolute atomic E-state index is 14.1. The lowest BCUT2D eigenvalue weighted by Gasteiger charge is -2.42. The molecule has 5 nitrogen and oxygen atoms in total. The van der Waals surface area contributed by atoms with Crippen LogP contribution in [0, 0.1) is 23.5 Å². The highest BCUT2D eigenvalue weighted by atomic mass is 32.1. The Morgan fingerprint density at radius 2 is 1.97 bits per heavy atom. The predicted molar refractivity (Wildman–Crippen MR) is 110 cm³/mol. The number of benzene rings is 1. The van der Waals surface area contributed by atoms with Crippen LogP contribution in [0.4, 0.5) is 14.6 Å². The molecule has 3 aromatic heterocycles. The van der Waals surface area contributed by atoms with Crippen LogP contribution in [-0.4, -0.2) is 26.0 Å². The number of halogens is 2. The van der Waals surface area contributed by atoms with Crippen LogP contribution in [0.25, 0.3) is 32.6 Å². The van der Waals surface area contributed by atoms with Crippen LogP contribution < -0.4 is 5.32 Å². The van der Waals surface area contributed by atoms with Crippen molar-refractivity contribution in [1.82, 2.24) is 19.9 Å². The van der Waals surface area contributed by atoms with E-state index in [2.05, 4.69) is 20.3 Å². The summed E-state index contributed by atoms with van der Waals surface area (Å²) in [6.07, 6.45) is 8.00. The largest absolute Gasteiger partial charge is 0.365 e. The summed E-state index contributed by atoms with van der Waals surface area (Å²) in [5.41, 5.74) is 3.36. The molecule has 29 heavy (non-hydrogen) atoms. The molecule has 7 rings (SSSR count). The summed E-state index contributed by atoms with van der Waals surface area (Å²) < 4.78 is 28.0. The minimum Gasteiger partial charge on any atom is -0.365 e. The molecule has 3 saturated carbocycles. The number of H-pyrrole nitrogens is 1. The highest BCUT2D eigenvalue weighted by Gasteiger charge is 2.36. The first-order chi connectivity index (χ1) is 14.2. The quantitative estimate of drug-likeness (QED) is 0.467. The van der Waals surface area contributed by atoms with Gasteiger partial charge >= 0.3 is 0 Å². The number of thiazole rings is 1. The molecule has 1 atom stereocenters. The fourth-order valence-electron chi connectivity index (χ4n) is 5.05. The van der Waals surface area contributed by atoms with Crippen molar-refractivity contribution in [2.45, 2.75) is 38.1 Å². The molecule has 0 spiro atoms. The second-order valence-corrected chi connectivity index (χ2v) is 9.02. The fourth-order valence-corrected chi connectivity index (χ4v) is 5.71. The molecule has 1 aromatic carbocycles. The first kappa shape index (κ1) is 17.3. The molecular weight excluding hydrogens is 392 g/mol. The maximum Gasteiger partial charge on any atom is 0.165 e. The number of aromatic nitrogens is 4. The number of hydrogen-bond donors (Lipinski definition) is 2. The zero-order valence-corrected chi connectivity index (χ0v) is 16.4. The van der Waals surface area contributed by atoms with Gasteiger partial charge in [0.05, 0.1) is 11.0 Å². The van der Waals surface area contributed by atoms with Gasteiger partial charge in [-0.05, 0) is 37.2 Å². The van der Waals surface area contributed by atoms with Crippen molar-refractivity contribution in [1.29, 1.82) is 0 Å². The first-order valence-corrected chi connectivity index (χ1v) is 10.9. The summed E-state index contributed by atoms with van der Waals surface area (Å²) in [5, 5.41) is 4.09. The fraction of sp³-hybridized carbons (Fsp3) is 0.381. The molecule has 3 aliphatic rings. The number of nitrogens with zero attached hydrogens (tertiary/aromatic N) is 3. The molecule has 3 aliphatic carbocycles. The SMILES string of the molecule is Fc1cc(F)c2[nH]cc(-c3nc(NC4CC5CCC4CC5)c4ncsc4n3)c2c1. The number of anilines is 1. The van der Waals surface area contributed by atoms with Crippen LogP contribution in [-0.2, 0) is 0 Å². The van der Waals surface area contributed by atoms with E-state index in [1.807, 2.05) is 0 Å². The van der Waals surface area contributed by atoms with E-state index < -0.39 is 11.6 Å². The Morgan fingerprint density at radius 1 is 1.10 bits per heavy atom. The monoisotopic (exact) mass is 411 g/mol. The Bertz CT molecular complexity index is 1220. The molecule has 0 amide bonds. The van der Waals surface area contributed by atoms with Crippen molar-refractivity contribution >= 4 is 38.4 Å². The Labute approximate surface area is 169 Å². The molecule has 0 radical (unpaired) electrons. The van der Waals surface area contributed by atoms with Crippen LogP contribution in [0.2, 0.25) is 0 Å². The van der Waals surface area contributed by atoms with Gasteiger partial charge in [0.1, 0.15) is 22.0 Å². The van der Waals surface area contributed by atoms with E-state index in [0.29, 0.717) is 28.7 Å². The van der Waals surface area contributed by atoms with Crippen molar-refractivity contribution in [3.63, 3.8) is 0 Å². The third-order valence-electron chi connectivity index (χ3n) is 6.51. The van der Waals surface area contributed by atoms with E-state index in [0.717, 1.165) is 28.1 Å². The van der Waals surface area contributed by atoms with Gasteiger partial charge in [0.15, 0.2) is 11.6 Å². The molecule has 0 saturated heterocycles. The van der Waals surface area contributed by atoms with Crippen molar-refractivity contribution in [3.8, 4) is 11.4 Å². The molecule has 3 heterocycles. The second kappa shape index (κ2) is 6.45. The van der Waals surface area contributed by atoms with Gasteiger partial charge in [-0.2, -0.15) is 0 Å². The van der Waals surface area contributed by atoms with E-state index in [1.165, 1.54) is 49.5 Å². The summed E-state index contributed by atoms with van der Waals surface area (Å²) in [5.74, 6) is 1.39. The van der Waals surface area contributed by atoms with Gasteiger partial charge in [0.2, 0.25) is 0 Å². The van der Waals surface area contributed by atoms with Gasteiger partial charge in [0, 0.05) is 29.3 Å². The molecule has 8 heteroatoms. The molecule has 1 unspecified atom stereocenters. The van der Waals surface area contributed by atoms with Gasteiger partial charge in [0.25, 0.3) is 0 Å². The van der Waals surface area contributed by atoms with Gasteiger partial charge in [-0.3, -0.25) is 0 Å². The zero-order chi connectivity index (χ0) is 19.5. The smallest absolute Gasteiger partial charge is 0.165 e. The topological polar surface area (TPSA) is 66.5 Å². The number of fused-ring (bicyclic) bond motifs is 5. The van der Waals surface area contributed by atoms with E-state index >= 15 is 0 Å². The average molecular weight is 411 g/mol. The van der Waals surface area contributed by atoms with E-state index in [1.54, 1.807) is 11.7 Å². The van der Waals surface area contributed by atoms with Crippen molar-refractivity contribution in [2.24, 2.45) is 11.8 Å². The third kappa shape index (κ3) is 2.80. The summed E-state index contributed by atoms with van der Waals surface area (Å²) in [4.78, 5) is 17.5. The molecular formula is C21H19F2N5S. The van der Waals surface area contributed by atoms with Crippen LogP contribution in [0.1, 0.15) is 32.1 Å². The number of nitrogens with one attached hydrogen (secondary N) is 2. The normalized spacial score (nSPS) is 23.9. The Hall–Kier alpha value is -2.61. The zero-order valence-electron chi connectivity index (χ0n) is 15.6. The Morgan fingerprint density at radius 3 is 2.76 bits per heavy atom. The van der Waals surface area contributed by atoms with E-state index in [-0.39, 0.29) is 5.52 Å². The lowest BCUT2D eigenvalue weighted by Crippen LogP contribution is -2.40. The predicted octanol–water partition coefficient (Wildman–Crippen LogP) is 5.50. The molecule has 2 bridgehead atoms. The van der Waals surface area contributed by atoms with Gasteiger partial charge < -0.3 is 10.3 Å². The summed E-state index contributed by atoms with van der Waals surface area (Å²) in [7, 11) is 0. The lowest BCUT2D eigenvalue weighted by molar-refractivity contribution is 0.157.